The molecule has 1 aliphatic heterocycles. The molecule has 2 aromatic heterocycles. The van der Waals surface area contributed by atoms with Crippen molar-refractivity contribution >= 4 is 50.1 Å². The van der Waals surface area contributed by atoms with Gasteiger partial charge in [-0.15, -0.1) is 0 Å². The molecule has 15 heteroatoms. The summed E-state index contributed by atoms with van der Waals surface area (Å²) in [7, 11) is -1.74. The van der Waals surface area contributed by atoms with Crippen molar-refractivity contribution < 1.29 is 22.8 Å². The van der Waals surface area contributed by atoms with Gasteiger partial charge >= 0.3 is 0 Å². The highest BCUT2D eigenvalue weighted by molar-refractivity contribution is 7.89. The number of aromatic nitrogens is 3. The molecular formula is C30H29ClN7O6S-. The van der Waals surface area contributed by atoms with Crippen molar-refractivity contribution in [2.24, 2.45) is 0 Å². The number of nitrogens with one attached hydrogen (secondary N) is 1. The molecule has 1 aliphatic rings. The Balaban J connectivity index is 1.52. The molecule has 0 bridgehead atoms. The Hall–Kier alpha value is -4.50. The molecule has 0 unspecified atom stereocenters. The van der Waals surface area contributed by atoms with E-state index < -0.39 is 46.2 Å². The van der Waals surface area contributed by atoms with Gasteiger partial charge in [0.25, 0.3) is 5.91 Å². The van der Waals surface area contributed by atoms with Gasteiger partial charge in [-0.25, -0.2) is 18.4 Å². The highest BCUT2D eigenvalue weighted by Gasteiger charge is 2.44. The maximum Gasteiger partial charge on any atom is 0.292 e. The monoisotopic (exact) mass is 650 g/mol. The molecule has 2 atom stereocenters. The third kappa shape index (κ3) is 6.93. The minimum Gasteiger partial charge on any atom is -0.756 e. The van der Waals surface area contributed by atoms with Gasteiger partial charge in [-0.3, -0.25) is 19.4 Å². The quantitative estimate of drug-likeness (QED) is 0.282. The van der Waals surface area contributed by atoms with E-state index in [1.54, 1.807) is 48.8 Å². The zero-order valence-corrected chi connectivity index (χ0v) is 25.9. The summed E-state index contributed by atoms with van der Waals surface area (Å²) in [4.78, 5) is 53.0. The van der Waals surface area contributed by atoms with Gasteiger partial charge in [-0.2, -0.15) is 4.31 Å². The number of sulfonamides is 1. The van der Waals surface area contributed by atoms with E-state index in [2.05, 4.69) is 20.3 Å². The summed E-state index contributed by atoms with van der Waals surface area (Å²) in [6, 6.07) is 11.0. The number of carbonyl (C=O) groups is 3. The predicted molar refractivity (Wildman–Crippen MR) is 166 cm³/mol. The Morgan fingerprint density at radius 1 is 0.956 bits per heavy atom. The molecule has 4 aromatic rings. The summed E-state index contributed by atoms with van der Waals surface area (Å²) >= 11 is 6.08. The number of hydrogen-bond acceptors (Lipinski definition) is 9. The van der Waals surface area contributed by atoms with Crippen LogP contribution in [-0.2, 0) is 19.6 Å². The summed E-state index contributed by atoms with van der Waals surface area (Å²) in [5.41, 5.74) is 1.41. The number of hydrogen-bond donors (Lipinski definition) is 1. The molecule has 13 nitrogen and oxygen atoms in total. The number of benzene rings is 2. The van der Waals surface area contributed by atoms with Gasteiger partial charge < -0.3 is 20.5 Å². The second-order valence-electron chi connectivity index (χ2n) is 10.5. The highest BCUT2D eigenvalue weighted by atomic mass is 35.5. The van der Waals surface area contributed by atoms with E-state index in [1.807, 2.05) is 0 Å². The number of rotatable bonds is 8. The van der Waals surface area contributed by atoms with E-state index in [9.17, 15) is 28.0 Å². The van der Waals surface area contributed by atoms with Crippen molar-refractivity contribution in [3.8, 4) is 11.1 Å². The Morgan fingerprint density at radius 2 is 1.58 bits per heavy atom. The fraction of sp³-hybridized carbons (Fsp3) is 0.267. The van der Waals surface area contributed by atoms with Gasteiger partial charge in [0.15, 0.2) is 0 Å². The smallest absolute Gasteiger partial charge is 0.292 e. The summed E-state index contributed by atoms with van der Waals surface area (Å²) < 4.78 is 29.1. The van der Waals surface area contributed by atoms with E-state index in [0.29, 0.717) is 16.0 Å². The number of fused-ring (bicyclic) bond motifs is 1. The lowest BCUT2D eigenvalue weighted by atomic mass is 10.0. The summed E-state index contributed by atoms with van der Waals surface area (Å²) in [6.45, 7) is -0.571. The summed E-state index contributed by atoms with van der Waals surface area (Å²) in [6.07, 6.45) is 5.36. The van der Waals surface area contributed by atoms with Crippen LogP contribution in [0.25, 0.3) is 21.9 Å². The second kappa shape index (κ2) is 13.2. The van der Waals surface area contributed by atoms with Crippen LogP contribution in [0.1, 0.15) is 23.5 Å². The Kier molecular flexibility index (Phi) is 9.39. The van der Waals surface area contributed by atoms with Gasteiger partial charge in [0.05, 0.1) is 17.0 Å². The molecule has 1 N–H and O–H groups in total. The first-order valence-electron chi connectivity index (χ1n) is 13.9. The van der Waals surface area contributed by atoms with Crippen molar-refractivity contribution in [3.05, 3.63) is 89.4 Å². The van der Waals surface area contributed by atoms with Crippen LogP contribution in [0.2, 0.25) is 5.02 Å². The van der Waals surface area contributed by atoms with Gasteiger partial charge in [0.1, 0.15) is 0 Å². The second-order valence-corrected chi connectivity index (χ2v) is 12.9. The maximum atomic E-state index is 14.0. The predicted octanol–water partition coefficient (Wildman–Crippen LogP) is 2.71. The van der Waals surface area contributed by atoms with Crippen LogP contribution in [-0.4, -0.2) is 94.6 Å². The number of hydroxylamine groups is 2. The normalized spacial score (nSPS) is 17.2. The first-order chi connectivity index (χ1) is 21.5. The lowest BCUT2D eigenvalue weighted by molar-refractivity contribution is -0.129. The van der Waals surface area contributed by atoms with Crippen LogP contribution in [0.3, 0.4) is 0 Å². The van der Waals surface area contributed by atoms with E-state index in [1.165, 1.54) is 36.5 Å². The number of halogens is 1. The average molecular weight is 651 g/mol. The molecular weight excluding hydrogens is 622 g/mol. The molecule has 234 valence electrons. The van der Waals surface area contributed by atoms with E-state index in [4.69, 9.17) is 11.6 Å². The van der Waals surface area contributed by atoms with Crippen molar-refractivity contribution in [3.63, 3.8) is 0 Å². The van der Waals surface area contributed by atoms with Crippen molar-refractivity contribution in [2.75, 3.05) is 27.2 Å². The average Bonchev–Trinajstić information content (AvgIpc) is 3.04. The largest absolute Gasteiger partial charge is 0.756 e. The Bertz CT molecular complexity index is 1840. The third-order valence-electron chi connectivity index (χ3n) is 7.58. The minimum absolute atomic E-state index is 0.0168. The standard InChI is InChI=1S/C30H29ClN7O6S/c1-32-27(39)13-24-17-37(45(43,44)26-6-4-20-11-23(31)5-3-21(20)12-26)18-25(14-28(40)36(2)42)38(24)30(41)29-34-15-22(16-35-29)19-7-9-33-10-8-19/h3-12,15-16,24-25H,13-14,17-18H2,1-2H3,(H,32,39)/q-1/t24-,25+/m1/s1. The first kappa shape index (κ1) is 31.9. The molecule has 45 heavy (non-hydrogen) atoms. The summed E-state index contributed by atoms with van der Waals surface area (Å²) in [5.74, 6) is -2.25. The number of piperazine rings is 1. The lowest BCUT2D eigenvalue weighted by Gasteiger charge is -2.46. The van der Waals surface area contributed by atoms with Crippen LogP contribution >= 0.6 is 11.6 Å². The minimum atomic E-state index is -4.19. The molecule has 0 radical (unpaired) electrons. The SMILES string of the molecule is CNC(=O)C[C@@H]1CN(S(=O)(=O)c2ccc3cc(Cl)ccc3c2)C[C@H](CC(=O)N(C)[O-])N1C(=O)c1ncc(-c2ccncc2)cn1. The maximum absolute atomic E-state index is 14.0. The van der Waals surface area contributed by atoms with Crippen molar-refractivity contribution in [1.29, 1.82) is 0 Å². The number of nitrogens with zero attached hydrogens (tertiary/aromatic N) is 6. The van der Waals surface area contributed by atoms with Gasteiger partial charge in [-0.05, 0) is 59.8 Å². The number of pyridine rings is 1. The van der Waals surface area contributed by atoms with Gasteiger partial charge in [0.2, 0.25) is 27.7 Å². The van der Waals surface area contributed by atoms with E-state index in [0.717, 1.165) is 22.3 Å². The molecule has 0 aliphatic carbocycles. The van der Waals surface area contributed by atoms with Crippen LogP contribution in [0, 0.1) is 5.21 Å². The zero-order valence-electron chi connectivity index (χ0n) is 24.3. The fourth-order valence-electron chi connectivity index (χ4n) is 5.27. The molecule has 1 saturated heterocycles. The van der Waals surface area contributed by atoms with Crippen molar-refractivity contribution in [2.45, 2.75) is 29.8 Å². The lowest BCUT2D eigenvalue weighted by Crippen LogP contribution is -2.63. The summed E-state index contributed by atoms with van der Waals surface area (Å²) in [5, 5.41) is 16.4. The van der Waals surface area contributed by atoms with Crippen molar-refractivity contribution in [1.82, 2.24) is 34.5 Å². The molecule has 3 amide bonds. The molecule has 2 aromatic carbocycles. The molecule has 5 rings (SSSR count). The zero-order chi connectivity index (χ0) is 32.3. The molecule has 0 saturated carbocycles. The van der Waals surface area contributed by atoms with E-state index >= 15 is 0 Å². The number of carbonyl (C=O) groups excluding carboxylic acids is 3. The Morgan fingerprint density at radius 3 is 2.22 bits per heavy atom. The molecule has 0 spiro atoms. The molecule has 3 heterocycles. The van der Waals surface area contributed by atoms with Crippen LogP contribution in [0.4, 0.5) is 0 Å². The highest BCUT2D eigenvalue weighted by Crippen LogP contribution is 2.30. The topological polar surface area (TPSA) is 169 Å². The number of amides is 3. The van der Waals surface area contributed by atoms with Crippen LogP contribution in [0.15, 0.2) is 78.2 Å². The Labute approximate surface area is 264 Å². The third-order valence-corrected chi connectivity index (χ3v) is 9.64. The van der Waals surface area contributed by atoms with Gasteiger partial charge in [-0.1, -0.05) is 23.7 Å². The first-order valence-corrected chi connectivity index (χ1v) is 15.7. The van der Waals surface area contributed by atoms with E-state index in [-0.39, 0.29) is 35.3 Å². The van der Waals surface area contributed by atoms with Gasteiger partial charge in [0, 0.05) is 68.4 Å². The van der Waals surface area contributed by atoms with Crippen LogP contribution < -0.4 is 5.32 Å². The fourth-order valence-corrected chi connectivity index (χ4v) is 7.00. The molecule has 1 fully saturated rings. The van der Waals surface area contributed by atoms with Crippen LogP contribution in [0.5, 0.6) is 0 Å².